The van der Waals surface area contributed by atoms with Gasteiger partial charge in [-0.1, -0.05) is 44.2 Å². The van der Waals surface area contributed by atoms with Gasteiger partial charge >= 0.3 is 0 Å². The molecule has 2 aromatic carbocycles. The van der Waals surface area contributed by atoms with Crippen molar-refractivity contribution in [2.75, 3.05) is 0 Å². The monoisotopic (exact) mass is 378 g/mol. The minimum Gasteiger partial charge on any atom is -0.457 e. The lowest BCUT2D eigenvalue weighted by Gasteiger charge is -2.21. The molecule has 4 heteroatoms. The highest BCUT2D eigenvalue weighted by molar-refractivity contribution is 5.93. The second-order valence-corrected chi connectivity index (χ2v) is 8.15. The molecule has 3 N–H and O–H groups in total. The van der Waals surface area contributed by atoms with Gasteiger partial charge in [0.1, 0.15) is 11.5 Å². The number of nitrogens with one attached hydrogen (secondary N) is 1. The third-order valence-corrected chi connectivity index (χ3v) is 6.05. The van der Waals surface area contributed by atoms with Crippen LogP contribution in [-0.4, -0.2) is 11.9 Å². The summed E-state index contributed by atoms with van der Waals surface area (Å²) >= 11 is 0. The molecule has 28 heavy (non-hydrogen) atoms. The van der Waals surface area contributed by atoms with Crippen molar-refractivity contribution in [3.8, 4) is 11.5 Å². The average Bonchev–Trinajstić information content (AvgIpc) is 2.85. The molecule has 0 saturated heterocycles. The summed E-state index contributed by atoms with van der Waals surface area (Å²) < 4.78 is 6.14. The van der Waals surface area contributed by atoms with Crippen LogP contribution < -0.4 is 15.8 Å². The van der Waals surface area contributed by atoms with Crippen molar-refractivity contribution >= 4 is 5.91 Å². The minimum absolute atomic E-state index is 0.396. The molecule has 0 bridgehead atoms. The maximum Gasteiger partial charge on any atom is 0.248 e. The molecule has 4 nitrogen and oxygen atoms in total. The molecule has 1 heterocycles. The van der Waals surface area contributed by atoms with E-state index >= 15 is 0 Å². The molecule has 0 aromatic heterocycles. The lowest BCUT2D eigenvalue weighted by Crippen LogP contribution is -2.29. The molecule has 1 saturated carbocycles. The van der Waals surface area contributed by atoms with E-state index in [0.29, 0.717) is 11.6 Å². The van der Waals surface area contributed by atoms with Gasteiger partial charge in [0.2, 0.25) is 5.91 Å². The van der Waals surface area contributed by atoms with Gasteiger partial charge in [-0.25, -0.2) is 0 Å². The lowest BCUT2D eigenvalue weighted by molar-refractivity contribution is 0.1000. The predicted molar refractivity (Wildman–Crippen MR) is 112 cm³/mol. The number of rotatable bonds is 4. The molecule has 0 radical (unpaired) electrons. The van der Waals surface area contributed by atoms with Crippen molar-refractivity contribution in [3.05, 3.63) is 58.7 Å². The SMILES string of the molecule is NC(=O)c1ccc2c(c1)CCc1cc(CNC3CCCCCCC3)ccc1O2. The van der Waals surface area contributed by atoms with Crippen LogP contribution in [0.5, 0.6) is 11.5 Å². The second kappa shape index (κ2) is 8.78. The standard InChI is InChI=1S/C24H30N2O2/c25-24(27)20-11-13-23-19(15-20)10-9-18-14-17(8-12-22(18)28-23)16-26-21-6-4-2-1-3-5-7-21/h8,11-15,21,26H,1-7,9-10,16H2,(H2,25,27). The first kappa shape index (κ1) is 19.0. The van der Waals surface area contributed by atoms with Gasteiger partial charge in [0.15, 0.2) is 0 Å². The van der Waals surface area contributed by atoms with Crippen molar-refractivity contribution in [2.24, 2.45) is 5.73 Å². The molecule has 4 rings (SSSR count). The van der Waals surface area contributed by atoms with Crippen molar-refractivity contribution in [1.29, 1.82) is 0 Å². The normalized spacial score (nSPS) is 17.4. The summed E-state index contributed by atoms with van der Waals surface area (Å²) in [5, 5.41) is 3.77. The van der Waals surface area contributed by atoms with Gasteiger partial charge in [0.25, 0.3) is 0 Å². The van der Waals surface area contributed by atoms with E-state index in [1.54, 1.807) is 6.07 Å². The second-order valence-electron chi connectivity index (χ2n) is 8.15. The summed E-state index contributed by atoms with van der Waals surface area (Å²) in [6, 6.07) is 12.6. The number of nitrogens with two attached hydrogens (primary N) is 1. The van der Waals surface area contributed by atoms with Crippen LogP contribution in [0.4, 0.5) is 0 Å². The van der Waals surface area contributed by atoms with E-state index in [4.69, 9.17) is 10.5 Å². The van der Waals surface area contributed by atoms with Crippen molar-refractivity contribution in [2.45, 2.75) is 70.4 Å². The summed E-state index contributed by atoms with van der Waals surface area (Å²) in [5.74, 6) is 1.34. The van der Waals surface area contributed by atoms with Crippen LogP contribution >= 0.6 is 0 Å². The van der Waals surface area contributed by atoms with Crippen molar-refractivity contribution < 1.29 is 9.53 Å². The Kier molecular flexibility index (Phi) is 5.96. The average molecular weight is 379 g/mol. The van der Waals surface area contributed by atoms with Crippen molar-refractivity contribution in [1.82, 2.24) is 5.32 Å². The van der Waals surface area contributed by atoms with E-state index in [1.165, 1.54) is 56.1 Å². The molecular weight excluding hydrogens is 348 g/mol. The van der Waals surface area contributed by atoms with E-state index in [2.05, 4.69) is 23.5 Å². The van der Waals surface area contributed by atoms with E-state index in [-0.39, 0.29) is 0 Å². The van der Waals surface area contributed by atoms with E-state index in [9.17, 15) is 4.79 Å². The Balaban J connectivity index is 1.43. The molecule has 2 aromatic rings. The first-order valence-corrected chi connectivity index (χ1v) is 10.6. The van der Waals surface area contributed by atoms with Gasteiger partial charge in [-0.2, -0.15) is 0 Å². The van der Waals surface area contributed by atoms with Crippen LogP contribution in [0.3, 0.4) is 0 Å². The Morgan fingerprint density at radius 2 is 1.57 bits per heavy atom. The van der Waals surface area contributed by atoms with Crippen LogP contribution in [0.2, 0.25) is 0 Å². The van der Waals surface area contributed by atoms with Crippen LogP contribution in [0, 0.1) is 0 Å². The lowest BCUT2D eigenvalue weighted by atomic mass is 9.96. The quantitative estimate of drug-likeness (QED) is 0.797. The number of amides is 1. The first-order valence-electron chi connectivity index (χ1n) is 10.6. The number of carbonyl (C=O) groups is 1. The van der Waals surface area contributed by atoms with E-state index < -0.39 is 5.91 Å². The summed E-state index contributed by atoms with van der Waals surface area (Å²) in [6.07, 6.45) is 11.2. The molecule has 1 amide bonds. The summed E-state index contributed by atoms with van der Waals surface area (Å²) in [4.78, 5) is 11.5. The van der Waals surface area contributed by atoms with Crippen LogP contribution in [-0.2, 0) is 19.4 Å². The van der Waals surface area contributed by atoms with E-state index in [0.717, 1.165) is 36.4 Å². The summed E-state index contributed by atoms with van der Waals surface area (Å²) in [6.45, 7) is 0.913. The largest absolute Gasteiger partial charge is 0.457 e. The highest BCUT2D eigenvalue weighted by atomic mass is 16.5. The molecule has 148 valence electrons. The maximum atomic E-state index is 11.5. The summed E-state index contributed by atoms with van der Waals surface area (Å²) in [7, 11) is 0. The predicted octanol–water partition coefficient (Wildman–Crippen LogP) is 4.88. The molecule has 0 spiro atoms. The highest BCUT2D eigenvalue weighted by Gasteiger charge is 2.17. The number of primary amides is 1. The molecule has 1 aliphatic heterocycles. The highest BCUT2D eigenvalue weighted by Crippen LogP contribution is 2.34. The van der Waals surface area contributed by atoms with Crippen molar-refractivity contribution in [3.63, 3.8) is 0 Å². The number of aryl methyl sites for hydroxylation is 2. The van der Waals surface area contributed by atoms with Gasteiger partial charge in [-0.15, -0.1) is 0 Å². The summed E-state index contributed by atoms with van der Waals surface area (Å²) in [5.41, 5.74) is 9.54. The number of carbonyl (C=O) groups excluding carboxylic acids is 1. The van der Waals surface area contributed by atoms with Gasteiger partial charge < -0.3 is 15.8 Å². The smallest absolute Gasteiger partial charge is 0.248 e. The van der Waals surface area contributed by atoms with Gasteiger partial charge in [-0.05, 0) is 66.6 Å². The van der Waals surface area contributed by atoms with Crippen LogP contribution in [0.25, 0.3) is 0 Å². The maximum absolute atomic E-state index is 11.5. The number of ether oxygens (including phenoxy) is 1. The topological polar surface area (TPSA) is 64.4 Å². The van der Waals surface area contributed by atoms with Gasteiger partial charge in [0.05, 0.1) is 0 Å². The molecule has 1 aliphatic carbocycles. The molecule has 0 unspecified atom stereocenters. The van der Waals surface area contributed by atoms with Gasteiger partial charge in [-0.3, -0.25) is 4.79 Å². The molecular formula is C24H30N2O2. The number of hydrogen-bond donors (Lipinski definition) is 2. The Hall–Kier alpha value is -2.33. The van der Waals surface area contributed by atoms with Crippen LogP contribution in [0.15, 0.2) is 36.4 Å². The molecule has 0 atom stereocenters. The zero-order valence-corrected chi connectivity index (χ0v) is 16.5. The fourth-order valence-corrected chi connectivity index (χ4v) is 4.38. The number of fused-ring (bicyclic) bond motifs is 2. The fourth-order valence-electron chi connectivity index (χ4n) is 4.38. The third kappa shape index (κ3) is 4.56. The van der Waals surface area contributed by atoms with Gasteiger partial charge in [0, 0.05) is 18.2 Å². The van der Waals surface area contributed by atoms with E-state index in [1.807, 2.05) is 12.1 Å². The molecule has 1 fully saturated rings. The number of benzene rings is 2. The third-order valence-electron chi connectivity index (χ3n) is 6.05. The zero-order chi connectivity index (χ0) is 19.3. The fraction of sp³-hybridized carbons (Fsp3) is 0.458. The Labute approximate surface area is 167 Å². The Bertz CT molecular complexity index is 838. The number of hydrogen-bond acceptors (Lipinski definition) is 3. The molecule has 2 aliphatic rings. The first-order chi connectivity index (χ1) is 13.7. The zero-order valence-electron chi connectivity index (χ0n) is 16.5. The Morgan fingerprint density at radius 3 is 2.29 bits per heavy atom. The van der Waals surface area contributed by atoms with Crippen LogP contribution in [0.1, 0.15) is 72.0 Å². The Morgan fingerprint density at radius 1 is 0.929 bits per heavy atom. The minimum atomic E-state index is -0.396.